The lowest BCUT2D eigenvalue weighted by Gasteiger charge is -2.34. The number of aliphatic hydroxyl groups excluding tert-OH is 1. The topological polar surface area (TPSA) is 67.5 Å². The van der Waals surface area contributed by atoms with Crippen molar-refractivity contribution in [2.24, 2.45) is 5.92 Å². The number of hydrogen-bond acceptors (Lipinski definition) is 3. The summed E-state index contributed by atoms with van der Waals surface area (Å²) in [4.78, 5) is 27.4. The molecule has 1 fully saturated rings. The third kappa shape index (κ3) is 3.92. The second-order valence-electron chi connectivity index (χ2n) is 7.99. The molecule has 1 aliphatic heterocycles. The molecule has 0 aliphatic carbocycles. The predicted octanol–water partition coefficient (Wildman–Crippen LogP) is 3.19. The number of fused-ring (bicyclic) bond motifs is 1. The van der Waals surface area contributed by atoms with Gasteiger partial charge in [0.1, 0.15) is 0 Å². The van der Waals surface area contributed by atoms with Gasteiger partial charge in [-0.2, -0.15) is 0 Å². The summed E-state index contributed by atoms with van der Waals surface area (Å²) in [5.74, 6) is 0.240. The van der Waals surface area contributed by atoms with E-state index in [1.54, 1.807) is 9.13 Å². The zero-order valence-electron chi connectivity index (χ0n) is 17.4. The first-order valence-electron chi connectivity index (χ1n) is 10.8. The SMILES string of the molecule is CCn1c(=O)n(CCC(=O)N2CCC(C(O)c3ccccc3)CC2)c2ccccc21. The predicted molar refractivity (Wildman–Crippen MR) is 117 cm³/mol. The van der Waals surface area contributed by atoms with Crippen LogP contribution in [-0.2, 0) is 17.9 Å². The monoisotopic (exact) mass is 407 g/mol. The molecule has 1 aromatic heterocycles. The van der Waals surface area contributed by atoms with Crippen molar-refractivity contribution in [3.8, 4) is 0 Å². The summed E-state index contributed by atoms with van der Waals surface area (Å²) >= 11 is 0. The molecule has 30 heavy (non-hydrogen) atoms. The van der Waals surface area contributed by atoms with E-state index in [2.05, 4.69) is 0 Å². The molecule has 6 heteroatoms. The summed E-state index contributed by atoms with van der Waals surface area (Å²) in [6, 6.07) is 17.5. The number of amides is 1. The van der Waals surface area contributed by atoms with Crippen molar-refractivity contribution < 1.29 is 9.90 Å². The minimum Gasteiger partial charge on any atom is -0.388 e. The Kier molecular flexibility index (Phi) is 6.04. The Morgan fingerprint density at radius 3 is 2.23 bits per heavy atom. The minimum absolute atomic E-state index is 0.0591. The van der Waals surface area contributed by atoms with Gasteiger partial charge in [0.2, 0.25) is 5.91 Å². The normalized spacial score (nSPS) is 16.1. The van der Waals surface area contributed by atoms with Crippen molar-refractivity contribution in [1.29, 1.82) is 0 Å². The fourth-order valence-electron chi connectivity index (χ4n) is 4.55. The largest absolute Gasteiger partial charge is 0.388 e. The number of carbonyl (C=O) groups is 1. The lowest BCUT2D eigenvalue weighted by atomic mass is 9.87. The summed E-state index contributed by atoms with van der Waals surface area (Å²) in [5.41, 5.74) is 2.67. The molecule has 1 amide bonds. The summed E-state index contributed by atoms with van der Waals surface area (Å²) in [6.45, 7) is 4.25. The Balaban J connectivity index is 1.37. The van der Waals surface area contributed by atoms with Crippen LogP contribution in [0.4, 0.5) is 0 Å². The van der Waals surface area contributed by atoms with Gasteiger partial charge in [0.25, 0.3) is 0 Å². The van der Waals surface area contributed by atoms with E-state index in [1.807, 2.05) is 66.4 Å². The van der Waals surface area contributed by atoms with Gasteiger partial charge in [-0.05, 0) is 43.4 Å². The number of aromatic nitrogens is 2. The van der Waals surface area contributed by atoms with Gasteiger partial charge in [0.15, 0.2) is 0 Å². The number of hydrogen-bond donors (Lipinski definition) is 1. The van der Waals surface area contributed by atoms with Crippen LogP contribution in [0.5, 0.6) is 0 Å². The zero-order chi connectivity index (χ0) is 21.1. The van der Waals surface area contributed by atoms with E-state index >= 15 is 0 Å². The highest BCUT2D eigenvalue weighted by Gasteiger charge is 2.28. The molecule has 3 aromatic rings. The lowest BCUT2D eigenvalue weighted by molar-refractivity contribution is -0.133. The summed E-state index contributed by atoms with van der Waals surface area (Å²) in [7, 11) is 0. The number of imidazole rings is 1. The second-order valence-corrected chi connectivity index (χ2v) is 7.99. The molecule has 1 N–H and O–H groups in total. The lowest BCUT2D eigenvalue weighted by Crippen LogP contribution is -2.40. The maximum atomic E-state index is 12.8. The fourth-order valence-corrected chi connectivity index (χ4v) is 4.55. The van der Waals surface area contributed by atoms with Gasteiger partial charge in [0, 0.05) is 32.6 Å². The number of rotatable bonds is 6. The maximum Gasteiger partial charge on any atom is 0.329 e. The summed E-state index contributed by atoms with van der Waals surface area (Å²) < 4.78 is 3.46. The van der Waals surface area contributed by atoms with E-state index in [1.165, 1.54) is 0 Å². The van der Waals surface area contributed by atoms with E-state index in [0.717, 1.165) is 29.4 Å². The average Bonchev–Trinajstić information content (AvgIpc) is 3.08. The summed E-state index contributed by atoms with van der Waals surface area (Å²) in [5, 5.41) is 10.6. The van der Waals surface area contributed by atoms with E-state index in [9.17, 15) is 14.7 Å². The molecular formula is C24H29N3O3. The Bertz CT molecular complexity index is 1060. The van der Waals surface area contributed by atoms with Crippen molar-refractivity contribution in [1.82, 2.24) is 14.0 Å². The molecule has 2 aromatic carbocycles. The molecule has 0 bridgehead atoms. The molecule has 0 saturated carbocycles. The molecule has 0 radical (unpaired) electrons. The molecule has 1 aliphatic rings. The van der Waals surface area contributed by atoms with E-state index in [4.69, 9.17) is 0 Å². The van der Waals surface area contributed by atoms with Crippen LogP contribution in [0.1, 0.15) is 37.9 Å². The van der Waals surface area contributed by atoms with Crippen LogP contribution in [0, 0.1) is 5.92 Å². The zero-order valence-corrected chi connectivity index (χ0v) is 17.4. The number of piperidine rings is 1. The molecule has 158 valence electrons. The highest BCUT2D eigenvalue weighted by atomic mass is 16.3. The number of likely N-dealkylation sites (tertiary alicyclic amines) is 1. The van der Waals surface area contributed by atoms with Crippen LogP contribution in [0.3, 0.4) is 0 Å². The summed E-state index contributed by atoms with van der Waals surface area (Å²) in [6.07, 6.45) is 1.40. The van der Waals surface area contributed by atoms with Gasteiger partial charge in [-0.1, -0.05) is 42.5 Å². The Morgan fingerprint density at radius 2 is 1.60 bits per heavy atom. The minimum atomic E-state index is -0.484. The third-order valence-corrected chi connectivity index (χ3v) is 6.27. The van der Waals surface area contributed by atoms with Crippen LogP contribution < -0.4 is 5.69 Å². The van der Waals surface area contributed by atoms with Crippen LogP contribution >= 0.6 is 0 Å². The number of carbonyl (C=O) groups excluding carboxylic acids is 1. The van der Waals surface area contributed by atoms with Crippen molar-refractivity contribution >= 4 is 16.9 Å². The van der Waals surface area contributed by atoms with Crippen LogP contribution in [0.2, 0.25) is 0 Å². The first-order chi connectivity index (χ1) is 14.6. The molecule has 2 heterocycles. The van der Waals surface area contributed by atoms with E-state index < -0.39 is 6.10 Å². The fraction of sp³-hybridized carbons (Fsp3) is 0.417. The van der Waals surface area contributed by atoms with Gasteiger partial charge < -0.3 is 10.0 Å². The van der Waals surface area contributed by atoms with Gasteiger partial charge in [-0.3, -0.25) is 13.9 Å². The Hall–Kier alpha value is -2.86. The van der Waals surface area contributed by atoms with Gasteiger partial charge >= 0.3 is 5.69 Å². The number of benzene rings is 2. The second kappa shape index (κ2) is 8.88. The van der Waals surface area contributed by atoms with Crippen molar-refractivity contribution in [2.75, 3.05) is 13.1 Å². The number of aliphatic hydroxyl groups is 1. The molecule has 0 spiro atoms. The molecule has 1 unspecified atom stereocenters. The van der Waals surface area contributed by atoms with Gasteiger partial charge in [-0.15, -0.1) is 0 Å². The van der Waals surface area contributed by atoms with Crippen LogP contribution in [0.15, 0.2) is 59.4 Å². The van der Waals surface area contributed by atoms with Crippen molar-refractivity contribution in [3.05, 3.63) is 70.6 Å². The van der Waals surface area contributed by atoms with Crippen molar-refractivity contribution in [2.45, 2.75) is 45.4 Å². The quantitative estimate of drug-likeness (QED) is 0.682. The van der Waals surface area contributed by atoms with Gasteiger partial charge in [0.05, 0.1) is 17.1 Å². The number of para-hydroxylation sites is 2. The smallest absolute Gasteiger partial charge is 0.329 e. The Morgan fingerprint density at radius 1 is 1.00 bits per heavy atom. The molecule has 1 atom stereocenters. The van der Waals surface area contributed by atoms with Gasteiger partial charge in [-0.25, -0.2) is 4.79 Å². The first-order valence-corrected chi connectivity index (χ1v) is 10.8. The molecule has 1 saturated heterocycles. The first kappa shape index (κ1) is 20.4. The van der Waals surface area contributed by atoms with Crippen molar-refractivity contribution in [3.63, 3.8) is 0 Å². The molecule has 6 nitrogen and oxygen atoms in total. The number of aryl methyl sites for hydroxylation is 2. The standard InChI is InChI=1S/C24H29N3O3/c1-2-26-20-10-6-7-11-21(20)27(24(26)30)17-14-22(28)25-15-12-19(13-16-25)23(29)18-8-4-3-5-9-18/h3-11,19,23,29H,2,12-17H2,1H3. The Labute approximate surface area is 176 Å². The maximum absolute atomic E-state index is 12.8. The molecule has 4 rings (SSSR count). The highest BCUT2D eigenvalue weighted by molar-refractivity contribution is 5.78. The van der Waals surface area contributed by atoms with E-state index in [0.29, 0.717) is 32.6 Å². The van der Waals surface area contributed by atoms with Crippen LogP contribution in [0.25, 0.3) is 11.0 Å². The third-order valence-electron chi connectivity index (χ3n) is 6.27. The van der Waals surface area contributed by atoms with Crippen LogP contribution in [-0.4, -0.2) is 38.1 Å². The van der Waals surface area contributed by atoms with E-state index in [-0.39, 0.29) is 17.5 Å². The highest BCUT2D eigenvalue weighted by Crippen LogP contribution is 2.30. The number of nitrogens with zero attached hydrogens (tertiary/aromatic N) is 3. The molecular weight excluding hydrogens is 378 g/mol. The average molecular weight is 408 g/mol.